The normalized spacial score (nSPS) is 17.6. The largest absolute Gasteiger partial charge is 0.487 e. The van der Waals surface area contributed by atoms with Gasteiger partial charge in [0.25, 0.3) is 0 Å². The van der Waals surface area contributed by atoms with Crippen molar-refractivity contribution in [3.05, 3.63) is 53.1 Å². The predicted octanol–water partition coefficient (Wildman–Crippen LogP) is 4.68. The van der Waals surface area contributed by atoms with Crippen LogP contribution in [0.1, 0.15) is 50.2 Å². The molecule has 1 aromatic heterocycles. The zero-order chi connectivity index (χ0) is 28.0. The van der Waals surface area contributed by atoms with Gasteiger partial charge in [0, 0.05) is 23.6 Å². The van der Waals surface area contributed by atoms with E-state index < -0.39 is 38.8 Å². The van der Waals surface area contributed by atoms with Gasteiger partial charge in [-0.1, -0.05) is 12.1 Å². The van der Waals surface area contributed by atoms with Crippen LogP contribution in [-0.4, -0.2) is 54.7 Å². The maximum atomic E-state index is 15.4. The highest BCUT2D eigenvalue weighted by molar-refractivity contribution is 7.90. The number of alkyl halides is 2. The quantitative estimate of drug-likeness (QED) is 0.414. The average molecular weight is 554 g/mol. The fourth-order valence-electron chi connectivity index (χ4n) is 4.27. The van der Waals surface area contributed by atoms with Gasteiger partial charge in [-0.25, -0.2) is 22.8 Å². The van der Waals surface area contributed by atoms with Crippen LogP contribution in [-0.2, 0) is 20.5 Å². The summed E-state index contributed by atoms with van der Waals surface area (Å²) in [5, 5.41) is 13.4. The number of fused-ring (bicyclic) bond motifs is 1. The lowest BCUT2D eigenvalue weighted by Gasteiger charge is -2.30. The molecule has 0 radical (unpaired) electrons. The van der Waals surface area contributed by atoms with Crippen LogP contribution in [0.25, 0.3) is 10.9 Å². The first-order chi connectivity index (χ1) is 17.6. The number of aryl methyl sites for hydroxylation is 1. The Kier molecular flexibility index (Phi) is 7.36. The lowest BCUT2D eigenvalue weighted by atomic mass is 9.91. The van der Waals surface area contributed by atoms with E-state index in [1.165, 1.54) is 24.3 Å². The lowest BCUT2D eigenvalue weighted by Crippen LogP contribution is -2.41. The molecule has 0 saturated carbocycles. The van der Waals surface area contributed by atoms with Crippen LogP contribution in [0, 0.1) is 12.7 Å². The molecule has 4 rings (SSSR count). The van der Waals surface area contributed by atoms with Gasteiger partial charge in [0.15, 0.2) is 9.84 Å². The van der Waals surface area contributed by atoms with E-state index >= 15 is 4.39 Å². The monoisotopic (exact) mass is 553 g/mol. The van der Waals surface area contributed by atoms with Gasteiger partial charge in [0.1, 0.15) is 39.8 Å². The highest BCUT2D eigenvalue weighted by Gasteiger charge is 2.49. The molecule has 2 aromatic carbocycles. The number of hydrogen-bond acceptors (Lipinski definition) is 8. The van der Waals surface area contributed by atoms with E-state index in [1.54, 1.807) is 13.8 Å². The van der Waals surface area contributed by atoms with E-state index in [0.29, 0.717) is 36.4 Å². The highest BCUT2D eigenvalue weighted by Crippen LogP contribution is 2.41. The van der Waals surface area contributed by atoms with Crippen LogP contribution < -0.4 is 10.1 Å². The summed E-state index contributed by atoms with van der Waals surface area (Å²) in [5.41, 5.74) is -3.16. The summed E-state index contributed by atoms with van der Waals surface area (Å²) in [7, 11) is -3.68. The molecule has 0 aliphatic carbocycles. The maximum absolute atomic E-state index is 15.4. The molecule has 0 unspecified atom stereocenters. The number of aliphatic hydroxyl groups is 1. The second-order valence-corrected chi connectivity index (χ2v) is 12.0. The second-order valence-electron chi connectivity index (χ2n) is 10.0. The Morgan fingerprint density at radius 1 is 1.24 bits per heavy atom. The van der Waals surface area contributed by atoms with E-state index in [9.17, 15) is 22.3 Å². The van der Waals surface area contributed by atoms with E-state index in [2.05, 4.69) is 15.3 Å². The SMILES string of the molecule is Cc1nc(N[C@H](C)c2cccc(C(F)(F)C(C)(C)O)c2F)c2cc(O[C@H]3CCOC3)c(S(C)(=O)=O)cc2n1. The molecule has 38 heavy (non-hydrogen) atoms. The number of rotatable bonds is 8. The minimum Gasteiger partial charge on any atom is -0.487 e. The third-order valence-corrected chi connectivity index (χ3v) is 7.53. The second kappa shape index (κ2) is 9.97. The van der Waals surface area contributed by atoms with E-state index in [1.807, 2.05) is 0 Å². The van der Waals surface area contributed by atoms with Crippen LogP contribution in [0.2, 0.25) is 0 Å². The Hall–Kier alpha value is -2.96. The standard InChI is InChI=1S/C26H30F3N3O5S/c1-14(17-7-6-8-19(23(17)27)26(28,29)25(3,4)33)30-24-18-11-21(37-16-9-10-36-13-16)22(38(5,34)35)12-20(18)31-15(2)32-24/h6-8,11-12,14,16,33H,9-10,13H2,1-5H3,(H,30,31,32)/t14-,16+/m1/s1. The molecule has 2 atom stereocenters. The Bertz CT molecular complexity index is 1470. The Balaban J connectivity index is 1.78. The number of anilines is 1. The molecule has 2 heterocycles. The number of hydrogen-bond donors (Lipinski definition) is 2. The Morgan fingerprint density at radius 2 is 1.95 bits per heavy atom. The summed E-state index contributed by atoms with van der Waals surface area (Å²) in [6, 6.07) is 5.66. The maximum Gasteiger partial charge on any atom is 0.303 e. The Morgan fingerprint density at radius 3 is 2.55 bits per heavy atom. The van der Waals surface area contributed by atoms with Gasteiger partial charge in [-0.2, -0.15) is 8.78 Å². The molecule has 0 spiro atoms. The molecular weight excluding hydrogens is 523 g/mol. The van der Waals surface area contributed by atoms with E-state index in [4.69, 9.17) is 9.47 Å². The zero-order valence-electron chi connectivity index (χ0n) is 21.7. The summed E-state index contributed by atoms with van der Waals surface area (Å²) in [5.74, 6) is -4.33. The number of benzene rings is 2. The van der Waals surface area contributed by atoms with Crippen LogP contribution in [0.15, 0.2) is 35.2 Å². The smallest absolute Gasteiger partial charge is 0.303 e. The van der Waals surface area contributed by atoms with Crippen LogP contribution in [0.5, 0.6) is 5.75 Å². The van der Waals surface area contributed by atoms with Crippen molar-refractivity contribution >= 4 is 26.6 Å². The molecule has 2 N–H and O–H groups in total. The number of nitrogens with zero attached hydrogens (tertiary/aromatic N) is 2. The minimum atomic E-state index is -3.84. The van der Waals surface area contributed by atoms with Gasteiger partial charge in [-0.3, -0.25) is 0 Å². The molecule has 1 aliphatic rings. The zero-order valence-corrected chi connectivity index (χ0v) is 22.5. The molecule has 1 fully saturated rings. The number of aromatic nitrogens is 2. The van der Waals surface area contributed by atoms with Gasteiger partial charge in [0.2, 0.25) is 0 Å². The van der Waals surface area contributed by atoms with Crippen molar-refractivity contribution in [2.24, 2.45) is 0 Å². The molecule has 0 bridgehead atoms. The number of ether oxygens (including phenoxy) is 2. The fraction of sp³-hybridized carbons (Fsp3) is 0.462. The summed E-state index contributed by atoms with van der Waals surface area (Å²) < 4.78 is 81.3. The van der Waals surface area contributed by atoms with E-state index in [0.717, 1.165) is 26.2 Å². The Labute approximate surface area is 219 Å². The first-order valence-electron chi connectivity index (χ1n) is 12.0. The molecule has 0 amide bonds. The van der Waals surface area contributed by atoms with Gasteiger partial charge in [-0.15, -0.1) is 0 Å². The first kappa shape index (κ1) is 28.1. The summed E-state index contributed by atoms with van der Waals surface area (Å²) >= 11 is 0. The highest BCUT2D eigenvalue weighted by atomic mass is 32.2. The first-order valence-corrected chi connectivity index (χ1v) is 13.9. The molecule has 3 aromatic rings. The van der Waals surface area contributed by atoms with Crippen LogP contribution >= 0.6 is 0 Å². The molecule has 1 aliphatic heterocycles. The number of halogens is 3. The van der Waals surface area contributed by atoms with Crippen molar-refractivity contribution in [1.29, 1.82) is 0 Å². The van der Waals surface area contributed by atoms with Crippen molar-refractivity contribution in [1.82, 2.24) is 9.97 Å². The molecule has 8 nitrogen and oxygen atoms in total. The van der Waals surface area contributed by atoms with Gasteiger partial charge in [-0.05, 0) is 45.9 Å². The van der Waals surface area contributed by atoms with Crippen molar-refractivity contribution in [3.63, 3.8) is 0 Å². The summed E-state index contributed by atoms with van der Waals surface area (Å²) in [6.45, 7) is 5.83. The van der Waals surface area contributed by atoms with E-state index in [-0.39, 0.29) is 28.1 Å². The lowest BCUT2D eigenvalue weighted by molar-refractivity contribution is -0.170. The molecule has 12 heteroatoms. The third-order valence-electron chi connectivity index (χ3n) is 6.41. The third kappa shape index (κ3) is 5.43. The van der Waals surface area contributed by atoms with Crippen molar-refractivity contribution < 1.29 is 36.2 Å². The average Bonchev–Trinajstić information content (AvgIpc) is 3.30. The van der Waals surface area contributed by atoms with Crippen LogP contribution in [0.4, 0.5) is 19.0 Å². The van der Waals surface area contributed by atoms with Gasteiger partial charge < -0.3 is 19.9 Å². The van der Waals surface area contributed by atoms with Crippen molar-refractivity contribution in [3.8, 4) is 5.75 Å². The number of sulfone groups is 1. The van der Waals surface area contributed by atoms with Gasteiger partial charge in [0.05, 0.1) is 30.3 Å². The van der Waals surface area contributed by atoms with Crippen molar-refractivity contribution in [2.75, 3.05) is 24.8 Å². The fourth-order valence-corrected chi connectivity index (χ4v) is 5.07. The minimum absolute atomic E-state index is 0.0402. The van der Waals surface area contributed by atoms with Gasteiger partial charge >= 0.3 is 5.92 Å². The molecule has 1 saturated heterocycles. The van der Waals surface area contributed by atoms with Crippen molar-refractivity contribution in [2.45, 2.75) is 62.7 Å². The number of nitrogens with one attached hydrogen (secondary N) is 1. The predicted molar refractivity (Wildman–Crippen MR) is 136 cm³/mol. The molecule has 206 valence electrons. The van der Waals surface area contributed by atoms with Crippen LogP contribution in [0.3, 0.4) is 0 Å². The topological polar surface area (TPSA) is 111 Å². The summed E-state index contributed by atoms with van der Waals surface area (Å²) in [6.07, 6.45) is 1.34. The molecular formula is C26H30F3N3O5S. The summed E-state index contributed by atoms with van der Waals surface area (Å²) in [4.78, 5) is 8.73.